The van der Waals surface area contributed by atoms with Gasteiger partial charge in [0, 0.05) is 28.5 Å². The molecular formula is C34H25N2+. The summed E-state index contributed by atoms with van der Waals surface area (Å²) >= 11 is 0. The minimum absolute atomic E-state index is 0.136. The lowest BCUT2D eigenvalue weighted by Crippen LogP contribution is -2.16. The van der Waals surface area contributed by atoms with Crippen LogP contribution in [0.3, 0.4) is 0 Å². The monoisotopic (exact) mass is 461 g/mol. The summed E-state index contributed by atoms with van der Waals surface area (Å²) in [4.78, 5) is 5.19. The number of benzene rings is 4. The summed E-state index contributed by atoms with van der Waals surface area (Å²) in [5, 5.41) is 1.20. The van der Waals surface area contributed by atoms with Crippen LogP contribution in [0, 0.1) is 0 Å². The maximum Gasteiger partial charge on any atom is 0.334 e. The maximum absolute atomic E-state index is 5.19. The lowest BCUT2D eigenvalue weighted by Gasteiger charge is -2.25. The SMILES string of the molecule is CC1(C)c2ccccc2-c2nc3ccccc3c(-c3cccc(-c4ccc(C5=[N+]=CC=C5)cc4)c3)c21. The van der Waals surface area contributed by atoms with Gasteiger partial charge in [-0.3, -0.25) is 0 Å². The van der Waals surface area contributed by atoms with Crippen molar-refractivity contribution in [2.24, 2.45) is 0 Å². The first-order valence-corrected chi connectivity index (χ1v) is 12.4. The molecule has 0 spiro atoms. The van der Waals surface area contributed by atoms with Gasteiger partial charge in [0.05, 0.1) is 16.8 Å². The Morgan fingerprint density at radius 2 is 1.44 bits per heavy atom. The number of hydrogen-bond acceptors (Lipinski definition) is 1. The predicted octanol–water partition coefficient (Wildman–Crippen LogP) is 7.37. The molecule has 0 saturated heterocycles. The van der Waals surface area contributed by atoms with Gasteiger partial charge in [0.25, 0.3) is 6.21 Å². The van der Waals surface area contributed by atoms with Gasteiger partial charge >= 0.3 is 5.71 Å². The van der Waals surface area contributed by atoms with E-state index in [1.165, 1.54) is 44.3 Å². The molecule has 0 fully saturated rings. The fourth-order valence-corrected chi connectivity index (χ4v) is 5.84. The Bertz CT molecular complexity index is 1780. The highest BCUT2D eigenvalue weighted by atomic mass is 14.7. The topological polar surface area (TPSA) is 27.0 Å². The number of nitrogens with zero attached hydrogens (tertiary/aromatic N) is 2. The fourth-order valence-electron chi connectivity index (χ4n) is 5.84. The Kier molecular flexibility index (Phi) is 4.48. The van der Waals surface area contributed by atoms with E-state index in [4.69, 9.17) is 4.98 Å². The summed E-state index contributed by atoms with van der Waals surface area (Å²) in [5.74, 6) is 0. The highest BCUT2D eigenvalue weighted by Crippen LogP contribution is 2.53. The van der Waals surface area contributed by atoms with Gasteiger partial charge in [-0.25, -0.2) is 4.98 Å². The van der Waals surface area contributed by atoms with Gasteiger partial charge in [0.1, 0.15) is 0 Å². The molecule has 4 aromatic carbocycles. The Morgan fingerprint density at radius 1 is 0.694 bits per heavy atom. The van der Waals surface area contributed by atoms with Crippen LogP contribution < -0.4 is 4.67 Å². The van der Waals surface area contributed by atoms with Crippen molar-refractivity contribution < 1.29 is 0 Å². The number of pyridine rings is 1. The van der Waals surface area contributed by atoms with Crippen LogP contribution in [-0.2, 0) is 5.41 Å². The smallest absolute Gasteiger partial charge is 0.247 e. The van der Waals surface area contributed by atoms with Crippen LogP contribution in [0.15, 0.2) is 109 Å². The zero-order valence-corrected chi connectivity index (χ0v) is 20.4. The van der Waals surface area contributed by atoms with Gasteiger partial charge in [-0.15, -0.1) is 0 Å². The second-order valence-corrected chi connectivity index (χ2v) is 10.1. The third kappa shape index (κ3) is 3.05. The van der Waals surface area contributed by atoms with E-state index in [2.05, 4.69) is 116 Å². The van der Waals surface area contributed by atoms with E-state index in [1.807, 2.05) is 18.4 Å². The van der Waals surface area contributed by atoms with Gasteiger partial charge in [-0.1, -0.05) is 91.3 Å². The van der Waals surface area contributed by atoms with Gasteiger partial charge < -0.3 is 0 Å². The van der Waals surface area contributed by atoms with E-state index in [0.717, 1.165) is 22.5 Å². The van der Waals surface area contributed by atoms with Crippen molar-refractivity contribution in [2.45, 2.75) is 19.3 Å². The number of hydrogen-bond donors (Lipinski definition) is 0. The van der Waals surface area contributed by atoms with Crippen molar-refractivity contribution in [3.05, 3.63) is 126 Å². The van der Waals surface area contributed by atoms with Crippen molar-refractivity contribution in [3.8, 4) is 33.5 Å². The first kappa shape index (κ1) is 20.8. The average molecular weight is 462 g/mol. The highest BCUT2D eigenvalue weighted by Gasteiger charge is 2.39. The average Bonchev–Trinajstić information content (AvgIpc) is 3.54. The number of rotatable bonds is 3. The molecule has 2 nitrogen and oxygen atoms in total. The maximum atomic E-state index is 5.19. The quantitative estimate of drug-likeness (QED) is 0.258. The number of allylic oxidation sites excluding steroid dienone is 2. The van der Waals surface area contributed by atoms with E-state index in [-0.39, 0.29) is 5.41 Å². The molecule has 0 N–H and O–H groups in total. The Hall–Kier alpha value is -4.52. The molecule has 7 rings (SSSR count). The van der Waals surface area contributed by atoms with Crippen molar-refractivity contribution in [1.82, 2.24) is 9.65 Å². The number of para-hydroxylation sites is 1. The first-order valence-electron chi connectivity index (χ1n) is 12.4. The van der Waals surface area contributed by atoms with E-state index in [0.29, 0.717) is 0 Å². The van der Waals surface area contributed by atoms with Crippen molar-refractivity contribution in [1.29, 1.82) is 0 Å². The normalized spacial score (nSPS) is 14.7. The van der Waals surface area contributed by atoms with Crippen LogP contribution in [0.25, 0.3) is 44.4 Å². The van der Waals surface area contributed by atoms with Gasteiger partial charge in [-0.05, 0) is 57.6 Å². The molecule has 5 aromatic rings. The minimum atomic E-state index is -0.136. The van der Waals surface area contributed by atoms with E-state index >= 15 is 0 Å². The van der Waals surface area contributed by atoms with Crippen molar-refractivity contribution >= 4 is 22.8 Å². The summed E-state index contributed by atoms with van der Waals surface area (Å²) in [7, 11) is 0. The molecule has 1 aromatic heterocycles. The lowest BCUT2D eigenvalue weighted by atomic mass is 9.78. The number of fused-ring (bicyclic) bond motifs is 4. The molecule has 1 aliphatic heterocycles. The van der Waals surface area contributed by atoms with Crippen molar-refractivity contribution in [2.75, 3.05) is 0 Å². The second kappa shape index (κ2) is 7.75. The van der Waals surface area contributed by atoms with Gasteiger partial charge in [0.15, 0.2) is 0 Å². The number of aromatic nitrogens is 1. The van der Waals surface area contributed by atoms with Crippen LogP contribution in [0.5, 0.6) is 0 Å². The molecule has 0 bridgehead atoms. The highest BCUT2D eigenvalue weighted by molar-refractivity contribution is 6.13. The van der Waals surface area contributed by atoms with E-state index < -0.39 is 0 Å². The van der Waals surface area contributed by atoms with E-state index in [1.54, 1.807) is 0 Å². The van der Waals surface area contributed by atoms with Crippen LogP contribution in [0.4, 0.5) is 0 Å². The molecule has 170 valence electrons. The zero-order chi connectivity index (χ0) is 24.3. The van der Waals surface area contributed by atoms with Crippen molar-refractivity contribution in [3.63, 3.8) is 0 Å². The molecule has 2 heteroatoms. The lowest BCUT2D eigenvalue weighted by molar-refractivity contribution is 0.662. The summed E-state index contributed by atoms with van der Waals surface area (Å²) in [6.45, 7) is 4.66. The molecule has 1 aliphatic carbocycles. The van der Waals surface area contributed by atoms with E-state index in [9.17, 15) is 0 Å². The molecule has 0 radical (unpaired) electrons. The van der Waals surface area contributed by atoms with Gasteiger partial charge in [-0.2, -0.15) is 0 Å². The molecular weight excluding hydrogens is 436 g/mol. The van der Waals surface area contributed by atoms with Gasteiger partial charge in [0.2, 0.25) is 0 Å². The Morgan fingerprint density at radius 3 is 2.28 bits per heavy atom. The third-order valence-corrected chi connectivity index (χ3v) is 7.59. The molecule has 0 atom stereocenters. The largest absolute Gasteiger partial charge is 0.334 e. The Balaban J connectivity index is 1.43. The summed E-state index contributed by atoms with van der Waals surface area (Å²) in [6.07, 6.45) is 5.86. The second-order valence-electron chi connectivity index (χ2n) is 10.1. The molecule has 36 heavy (non-hydrogen) atoms. The molecule has 0 amide bonds. The predicted molar refractivity (Wildman–Crippen MR) is 152 cm³/mol. The van der Waals surface area contributed by atoms with Crippen LogP contribution in [0.1, 0.15) is 30.5 Å². The third-order valence-electron chi connectivity index (χ3n) is 7.59. The molecule has 2 aliphatic rings. The first-order chi connectivity index (χ1) is 17.6. The fraction of sp³-hybridized carbons (Fsp3) is 0.0882. The summed E-state index contributed by atoms with van der Waals surface area (Å²) < 4.78 is 4.43. The summed E-state index contributed by atoms with van der Waals surface area (Å²) in [6, 6.07) is 34.9. The van der Waals surface area contributed by atoms with Crippen LogP contribution in [-0.4, -0.2) is 16.9 Å². The minimum Gasteiger partial charge on any atom is -0.247 e. The molecule has 2 heterocycles. The van der Waals surface area contributed by atoms with Crippen LogP contribution >= 0.6 is 0 Å². The molecule has 0 unspecified atom stereocenters. The Labute approximate surface area is 211 Å². The van der Waals surface area contributed by atoms with Crippen LogP contribution in [0.2, 0.25) is 0 Å². The zero-order valence-electron chi connectivity index (χ0n) is 20.4. The molecule has 0 saturated carbocycles. The summed E-state index contributed by atoms with van der Waals surface area (Å²) in [5.41, 5.74) is 13.0. The standard InChI is InChI=1S/C34H25N2/c1-34(2)28-13-5-3-11-26(28)33-32(34)31(27-12-4-6-14-30(27)36-33)25-10-7-9-24(21-25)22-16-18-23(19-17-22)29-15-8-20-35-29/h3-21H,1-2H3/q+1.